The first-order chi connectivity index (χ1) is 9.45. The molecule has 0 aromatic heterocycles. The van der Waals surface area contributed by atoms with Gasteiger partial charge in [0.1, 0.15) is 0 Å². The first-order valence-electron chi connectivity index (χ1n) is 5.78. The van der Waals surface area contributed by atoms with E-state index in [2.05, 4.69) is 10.1 Å². The fraction of sp³-hybridized carbons (Fsp3) is 0.231. The monoisotopic (exact) mass is 297 g/mol. The zero-order valence-corrected chi connectivity index (χ0v) is 11.7. The van der Waals surface area contributed by atoms with E-state index in [1.807, 2.05) is 0 Å². The van der Waals surface area contributed by atoms with Gasteiger partial charge >= 0.3 is 5.97 Å². The van der Waals surface area contributed by atoms with E-state index in [1.54, 1.807) is 18.2 Å². The van der Waals surface area contributed by atoms with Crippen LogP contribution in [0.15, 0.2) is 46.7 Å². The number of methoxy groups -OCH3 is 1. The number of hydrogen-bond donors (Lipinski definition) is 1. The van der Waals surface area contributed by atoms with Gasteiger partial charge in [-0.2, -0.15) is 0 Å². The molecule has 108 valence electrons. The predicted molar refractivity (Wildman–Crippen MR) is 72.4 cm³/mol. The second kappa shape index (κ2) is 7.44. The van der Waals surface area contributed by atoms with Crippen LogP contribution in [0.4, 0.5) is 0 Å². The molecular weight excluding hydrogens is 282 g/mol. The largest absolute Gasteiger partial charge is 0.469 e. The molecule has 1 aromatic carbocycles. The molecule has 1 aromatic rings. The number of esters is 1. The van der Waals surface area contributed by atoms with Crippen molar-refractivity contribution in [3.8, 4) is 0 Å². The van der Waals surface area contributed by atoms with Crippen LogP contribution >= 0.6 is 0 Å². The first-order valence-corrected chi connectivity index (χ1v) is 7.33. The smallest absolute Gasteiger partial charge is 0.307 e. The highest BCUT2D eigenvalue weighted by Gasteiger charge is 2.10. The number of hydrogen-bond acceptors (Lipinski definition) is 5. The molecule has 1 amide bonds. The Labute approximate surface area is 117 Å². The number of rotatable bonds is 6. The van der Waals surface area contributed by atoms with Crippen LogP contribution in [0.2, 0.25) is 0 Å². The summed E-state index contributed by atoms with van der Waals surface area (Å²) in [6, 6.07) is 7.76. The molecule has 7 heteroatoms. The third-order valence-electron chi connectivity index (χ3n) is 2.33. The van der Waals surface area contributed by atoms with Gasteiger partial charge in [0.05, 0.1) is 18.4 Å². The van der Waals surface area contributed by atoms with Crippen LogP contribution in [-0.4, -0.2) is 33.9 Å². The molecule has 0 unspecified atom stereocenters. The summed E-state index contributed by atoms with van der Waals surface area (Å²) in [5.41, 5.74) is 0. The summed E-state index contributed by atoms with van der Waals surface area (Å²) in [4.78, 5) is 22.3. The molecule has 0 heterocycles. The molecule has 0 aliphatic rings. The molecule has 0 fully saturated rings. The fourth-order valence-electron chi connectivity index (χ4n) is 1.29. The van der Waals surface area contributed by atoms with Gasteiger partial charge in [-0.1, -0.05) is 18.2 Å². The van der Waals surface area contributed by atoms with E-state index in [4.69, 9.17) is 0 Å². The van der Waals surface area contributed by atoms with Crippen LogP contribution in [0.5, 0.6) is 0 Å². The standard InChI is InChI=1S/C13H15NO5S/c1-19-13(16)7-9-14-12(15)8-10-20(17,18)11-5-3-2-4-6-11/h2-6,8,10H,7,9H2,1H3,(H,14,15). The maximum absolute atomic E-state index is 11.8. The van der Waals surface area contributed by atoms with Gasteiger partial charge in [0, 0.05) is 18.0 Å². The minimum absolute atomic E-state index is 0.0293. The summed E-state index contributed by atoms with van der Waals surface area (Å²) in [6.07, 6.45) is 0.946. The van der Waals surface area contributed by atoms with E-state index in [0.717, 1.165) is 11.5 Å². The first kappa shape index (κ1) is 15.9. The maximum Gasteiger partial charge on any atom is 0.307 e. The van der Waals surface area contributed by atoms with Gasteiger partial charge < -0.3 is 10.1 Å². The van der Waals surface area contributed by atoms with Crippen molar-refractivity contribution in [2.75, 3.05) is 13.7 Å². The number of benzene rings is 1. The summed E-state index contributed by atoms with van der Waals surface area (Å²) in [5, 5.41) is 3.21. The van der Waals surface area contributed by atoms with Crippen LogP contribution in [0.1, 0.15) is 6.42 Å². The molecule has 0 saturated heterocycles. The Balaban J connectivity index is 2.55. The van der Waals surface area contributed by atoms with Gasteiger partial charge in [-0.3, -0.25) is 9.59 Å². The third-order valence-corrected chi connectivity index (χ3v) is 3.75. The van der Waals surface area contributed by atoms with Crippen molar-refractivity contribution in [3.63, 3.8) is 0 Å². The van der Waals surface area contributed by atoms with Gasteiger partial charge in [-0.05, 0) is 12.1 Å². The summed E-state index contributed by atoms with van der Waals surface area (Å²) >= 11 is 0. The average Bonchev–Trinajstić information content (AvgIpc) is 2.46. The van der Waals surface area contributed by atoms with Crippen molar-refractivity contribution in [2.24, 2.45) is 0 Å². The van der Waals surface area contributed by atoms with Gasteiger partial charge in [0.2, 0.25) is 5.91 Å². The molecule has 0 saturated carbocycles. The van der Waals surface area contributed by atoms with Crippen molar-refractivity contribution < 1.29 is 22.7 Å². The summed E-state index contributed by atoms with van der Waals surface area (Å²) in [5.74, 6) is -1.04. The van der Waals surface area contributed by atoms with Crippen molar-refractivity contribution in [3.05, 3.63) is 41.8 Å². The SMILES string of the molecule is COC(=O)CCNC(=O)C=CS(=O)(=O)c1ccccc1. The predicted octanol–water partition coefficient (Wildman–Crippen LogP) is 0.653. The summed E-state index contributed by atoms with van der Waals surface area (Å²) < 4.78 is 28.0. The lowest BCUT2D eigenvalue weighted by Crippen LogP contribution is -2.24. The normalized spacial score (nSPS) is 11.2. The molecule has 6 nitrogen and oxygen atoms in total. The Bertz CT molecular complexity index is 592. The van der Waals surface area contributed by atoms with Crippen molar-refractivity contribution in [1.82, 2.24) is 5.32 Å². The lowest BCUT2D eigenvalue weighted by atomic mass is 10.4. The number of sulfone groups is 1. The van der Waals surface area contributed by atoms with E-state index in [-0.39, 0.29) is 17.9 Å². The molecule has 20 heavy (non-hydrogen) atoms. The van der Waals surface area contributed by atoms with Gasteiger partial charge in [-0.15, -0.1) is 0 Å². The lowest BCUT2D eigenvalue weighted by molar-refractivity contribution is -0.140. The highest BCUT2D eigenvalue weighted by atomic mass is 32.2. The maximum atomic E-state index is 11.8. The molecule has 0 aliphatic heterocycles. The third kappa shape index (κ3) is 5.23. The molecular formula is C13H15NO5S. The quantitative estimate of drug-likeness (QED) is 0.615. The van der Waals surface area contributed by atoms with Gasteiger partial charge in [0.25, 0.3) is 0 Å². The summed E-state index contributed by atoms with van der Waals surface area (Å²) in [7, 11) is -2.39. The zero-order chi connectivity index (χ0) is 15.0. The van der Waals surface area contributed by atoms with Gasteiger partial charge in [0.15, 0.2) is 9.84 Å². The van der Waals surface area contributed by atoms with E-state index in [0.29, 0.717) is 0 Å². The molecule has 0 aliphatic carbocycles. The topological polar surface area (TPSA) is 89.5 Å². The van der Waals surface area contributed by atoms with E-state index >= 15 is 0 Å². The van der Waals surface area contributed by atoms with Crippen molar-refractivity contribution in [1.29, 1.82) is 0 Å². The Morgan fingerprint density at radius 2 is 1.90 bits per heavy atom. The Morgan fingerprint density at radius 3 is 2.50 bits per heavy atom. The molecule has 0 atom stereocenters. The van der Waals surface area contributed by atoms with Crippen LogP contribution in [-0.2, 0) is 24.2 Å². The Hall–Kier alpha value is -2.15. The molecule has 1 N–H and O–H groups in total. The lowest BCUT2D eigenvalue weighted by Gasteiger charge is -2.01. The molecule has 0 spiro atoms. The highest BCUT2D eigenvalue weighted by Crippen LogP contribution is 2.10. The van der Waals surface area contributed by atoms with Gasteiger partial charge in [-0.25, -0.2) is 8.42 Å². The van der Waals surface area contributed by atoms with Crippen molar-refractivity contribution in [2.45, 2.75) is 11.3 Å². The zero-order valence-electron chi connectivity index (χ0n) is 10.9. The Kier molecular flexibility index (Phi) is 5.92. The van der Waals surface area contributed by atoms with Crippen molar-refractivity contribution >= 4 is 21.7 Å². The Morgan fingerprint density at radius 1 is 1.25 bits per heavy atom. The van der Waals surface area contributed by atoms with Crippen LogP contribution in [0, 0.1) is 0 Å². The van der Waals surface area contributed by atoms with Crippen LogP contribution < -0.4 is 5.32 Å². The van der Waals surface area contributed by atoms with Crippen LogP contribution in [0.3, 0.4) is 0 Å². The summed E-state index contributed by atoms with van der Waals surface area (Å²) in [6.45, 7) is 0.0846. The average molecular weight is 297 g/mol. The number of nitrogens with one attached hydrogen (secondary N) is 1. The number of carbonyl (C=O) groups excluding carboxylic acids is 2. The van der Waals surface area contributed by atoms with E-state index in [9.17, 15) is 18.0 Å². The molecule has 0 radical (unpaired) electrons. The second-order valence-electron chi connectivity index (χ2n) is 3.78. The minimum Gasteiger partial charge on any atom is -0.469 e. The molecule has 1 rings (SSSR count). The second-order valence-corrected chi connectivity index (χ2v) is 5.61. The van der Waals surface area contributed by atoms with E-state index in [1.165, 1.54) is 19.2 Å². The van der Waals surface area contributed by atoms with Crippen LogP contribution in [0.25, 0.3) is 0 Å². The number of carbonyl (C=O) groups is 2. The number of ether oxygens (including phenoxy) is 1. The van der Waals surface area contributed by atoms with E-state index < -0.39 is 21.7 Å². The molecule has 0 bridgehead atoms. The highest BCUT2D eigenvalue weighted by molar-refractivity contribution is 7.94. The fourth-order valence-corrected chi connectivity index (χ4v) is 2.29. The minimum atomic E-state index is -3.63. The number of amides is 1.